The van der Waals surface area contributed by atoms with Crippen molar-refractivity contribution in [1.82, 2.24) is 4.98 Å². The van der Waals surface area contributed by atoms with Crippen LogP contribution in [0.2, 0.25) is 0 Å². The van der Waals surface area contributed by atoms with E-state index in [-0.39, 0.29) is 11.8 Å². The van der Waals surface area contributed by atoms with E-state index in [1.807, 2.05) is 26.0 Å². The van der Waals surface area contributed by atoms with E-state index < -0.39 is 5.97 Å². The van der Waals surface area contributed by atoms with E-state index in [1.165, 1.54) is 0 Å². The summed E-state index contributed by atoms with van der Waals surface area (Å²) in [6, 6.07) is 3.65. The van der Waals surface area contributed by atoms with E-state index in [0.717, 1.165) is 24.1 Å². The van der Waals surface area contributed by atoms with Crippen molar-refractivity contribution in [2.75, 3.05) is 13.2 Å². The zero-order valence-electron chi connectivity index (χ0n) is 13.6. The summed E-state index contributed by atoms with van der Waals surface area (Å²) < 4.78 is 5.76. The first-order valence-electron chi connectivity index (χ1n) is 7.68. The molecule has 1 aromatic heterocycles. The molecule has 0 radical (unpaired) electrons. The normalized spacial score (nSPS) is 21.2. The summed E-state index contributed by atoms with van der Waals surface area (Å²) in [4.78, 5) is 19.5. The van der Waals surface area contributed by atoms with Crippen LogP contribution < -0.4 is 10.5 Å². The van der Waals surface area contributed by atoms with Crippen LogP contribution in [0.4, 0.5) is 0 Å². The van der Waals surface area contributed by atoms with Crippen molar-refractivity contribution < 1.29 is 14.6 Å². The Morgan fingerprint density at radius 1 is 1.52 bits per heavy atom. The molecule has 0 spiro atoms. The van der Waals surface area contributed by atoms with Gasteiger partial charge in [-0.2, -0.15) is 0 Å². The number of ether oxygens (including phenoxy) is 1. The summed E-state index contributed by atoms with van der Waals surface area (Å²) >= 11 is 0. The number of nitrogens with two attached hydrogens (primary N) is 1. The Balaban J connectivity index is 2.08. The Morgan fingerprint density at radius 3 is 2.74 bits per heavy atom. The van der Waals surface area contributed by atoms with Crippen LogP contribution in [0.15, 0.2) is 22.7 Å². The highest BCUT2D eigenvalue weighted by molar-refractivity contribution is 5.71. The highest BCUT2D eigenvalue weighted by atomic mass is 16.5. The van der Waals surface area contributed by atoms with Gasteiger partial charge in [-0.1, -0.05) is 0 Å². The Kier molecular flexibility index (Phi) is 5.50. The van der Waals surface area contributed by atoms with Crippen LogP contribution in [0.25, 0.3) is 5.70 Å². The van der Waals surface area contributed by atoms with Crippen LogP contribution in [-0.4, -0.2) is 35.9 Å². The third kappa shape index (κ3) is 3.76. The highest BCUT2D eigenvalue weighted by Gasteiger charge is 2.37. The second-order valence-corrected chi connectivity index (χ2v) is 5.86. The number of nitrogens with zero attached hydrogens (tertiary/aromatic N) is 2. The van der Waals surface area contributed by atoms with Crippen LogP contribution in [0.5, 0.6) is 5.75 Å². The lowest BCUT2D eigenvalue weighted by Gasteiger charge is -2.33. The van der Waals surface area contributed by atoms with Gasteiger partial charge in [-0.3, -0.25) is 9.79 Å². The monoisotopic (exact) mass is 317 g/mol. The van der Waals surface area contributed by atoms with Gasteiger partial charge in [0.2, 0.25) is 0 Å². The van der Waals surface area contributed by atoms with Gasteiger partial charge < -0.3 is 15.6 Å². The number of hydrogen-bond acceptors (Lipinski definition) is 5. The van der Waals surface area contributed by atoms with Crippen molar-refractivity contribution in [3.05, 3.63) is 29.1 Å². The molecule has 0 saturated heterocycles. The second-order valence-electron chi connectivity index (χ2n) is 5.86. The first-order valence-corrected chi connectivity index (χ1v) is 7.68. The molecule has 124 valence electrons. The van der Waals surface area contributed by atoms with Crippen molar-refractivity contribution in [1.29, 1.82) is 0 Å². The van der Waals surface area contributed by atoms with Gasteiger partial charge in [0.25, 0.3) is 0 Å². The minimum Gasteiger partial charge on any atom is -0.491 e. The van der Waals surface area contributed by atoms with Crippen LogP contribution in [0.3, 0.4) is 0 Å². The van der Waals surface area contributed by atoms with Crippen molar-refractivity contribution in [2.45, 2.75) is 26.7 Å². The third-order valence-electron chi connectivity index (χ3n) is 4.34. The molecular formula is C17H23N3O3. The maximum Gasteiger partial charge on any atom is 0.306 e. The zero-order valence-corrected chi connectivity index (χ0v) is 13.6. The maximum absolute atomic E-state index is 11.0. The number of aromatic nitrogens is 1. The van der Waals surface area contributed by atoms with E-state index in [2.05, 4.69) is 16.7 Å². The van der Waals surface area contributed by atoms with Crippen LogP contribution in [0.1, 0.15) is 31.2 Å². The van der Waals surface area contributed by atoms with Gasteiger partial charge in [0.05, 0.1) is 29.6 Å². The standard InChI is InChI=1S/C17H23N3O3/c1-10(8-18)16(19-3)14-6-7-15(11(2)20-14)23-9-12-4-5-13(12)17(21)22/h6-7,12-13H,3-5,8-9,18H2,1-2H3,(H,21,22)/b16-10+/t12-,13+/m0/s1. The number of aliphatic carboxylic acids is 1. The molecule has 1 aliphatic rings. The largest absolute Gasteiger partial charge is 0.491 e. The molecule has 1 heterocycles. The molecule has 0 unspecified atom stereocenters. The van der Waals surface area contributed by atoms with Crippen LogP contribution in [-0.2, 0) is 4.79 Å². The van der Waals surface area contributed by atoms with Crippen LogP contribution >= 0.6 is 0 Å². The summed E-state index contributed by atoms with van der Waals surface area (Å²) in [6.45, 7) is 8.12. The van der Waals surface area contributed by atoms with Crippen LogP contribution in [0, 0.1) is 18.8 Å². The fourth-order valence-electron chi connectivity index (χ4n) is 2.65. The summed E-state index contributed by atoms with van der Waals surface area (Å²) in [5.74, 6) is -0.275. The average molecular weight is 317 g/mol. The summed E-state index contributed by atoms with van der Waals surface area (Å²) in [6.07, 6.45) is 1.63. The number of rotatable bonds is 7. The van der Waals surface area contributed by atoms with Crippen molar-refractivity contribution in [3.8, 4) is 5.75 Å². The SMILES string of the molecule is C=N/C(=C(\C)CN)c1ccc(OC[C@@H]2CC[C@H]2C(=O)O)c(C)n1. The Morgan fingerprint density at radius 2 is 2.26 bits per heavy atom. The number of pyridine rings is 1. The van der Waals surface area contributed by atoms with Gasteiger partial charge in [0, 0.05) is 12.5 Å². The van der Waals surface area contributed by atoms with E-state index in [0.29, 0.717) is 30.3 Å². The van der Waals surface area contributed by atoms with Crippen molar-refractivity contribution in [3.63, 3.8) is 0 Å². The minimum absolute atomic E-state index is 0.0800. The van der Waals surface area contributed by atoms with Gasteiger partial charge in [0.1, 0.15) is 5.75 Å². The van der Waals surface area contributed by atoms with E-state index in [9.17, 15) is 4.79 Å². The average Bonchev–Trinajstić information content (AvgIpc) is 2.48. The second kappa shape index (κ2) is 7.37. The predicted molar refractivity (Wildman–Crippen MR) is 89.5 cm³/mol. The molecule has 0 amide bonds. The van der Waals surface area contributed by atoms with E-state index >= 15 is 0 Å². The molecule has 6 heteroatoms. The highest BCUT2D eigenvalue weighted by Crippen LogP contribution is 2.35. The molecule has 1 saturated carbocycles. The summed E-state index contributed by atoms with van der Waals surface area (Å²) in [5.41, 5.74) is 8.70. The lowest BCUT2D eigenvalue weighted by molar-refractivity contribution is -0.148. The Bertz CT molecular complexity index is 640. The molecule has 0 aromatic carbocycles. The van der Waals surface area contributed by atoms with E-state index in [1.54, 1.807) is 0 Å². The quantitative estimate of drug-likeness (QED) is 0.752. The Labute approximate surface area is 136 Å². The number of aliphatic imine (C=N–C) groups is 1. The molecule has 6 nitrogen and oxygen atoms in total. The maximum atomic E-state index is 11.0. The molecule has 1 aromatic rings. The molecule has 0 bridgehead atoms. The van der Waals surface area contributed by atoms with Gasteiger partial charge in [-0.25, -0.2) is 4.98 Å². The van der Waals surface area contributed by atoms with Crippen molar-refractivity contribution >= 4 is 18.4 Å². The molecule has 2 atom stereocenters. The number of carboxylic acids is 1. The lowest BCUT2D eigenvalue weighted by atomic mass is 9.74. The Hall–Kier alpha value is -2.21. The summed E-state index contributed by atoms with van der Waals surface area (Å²) in [7, 11) is 0. The third-order valence-corrected chi connectivity index (χ3v) is 4.34. The predicted octanol–water partition coefficient (Wildman–Crippen LogP) is 2.27. The first kappa shape index (κ1) is 17.1. The van der Waals surface area contributed by atoms with Gasteiger partial charge >= 0.3 is 5.97 Å². The molecule has 1 aliphatic carbocycles. The molecule has 23 heavy (non-hydrogen) atoms. The van der Waals surface area contributed by atoms with Gasteiger partial charge in [-0.05, 0) is 51.1 Å². The molecule has 0 aliphatic heterocycles. The number of hydrogen-bond donors (Lipinski definition) is 2. The topological polar surface area (TPSA) is 97.8 Å². The number of carbonyl (C=O) groups is 1. The molecule has 1 fully saturated rings. The fourth-order valence-corrected chi connectivity index (χ4v) is 2.65. The van der Waals surface area contributed by atoms with Crippen molar-refractivity contribution in [2.24, 2.45) is 22.6 Å². The summed E-state index contributed by atoms with van der Waals surface area (Å²) in [5, 5.41) is 9.06. The smallest absolute Gasteiger partial charge is 0.306 e. The van der Waals surface area contributed by atoms with E-state index in [4.69, 9.17) is 15.6 Å². The molecule has 3 N–H and O–H groups in total. The number of aryl methyl sites for hydroxylation is 1. The van der Waals surface area contributed by atoms with Gasteiger partial charge in [0.15, 0.2) is 0 Å². The first-order chi connectivity index (χ1) is 11.0. The fraction of sp³-hybridized carbons (Fsp3) is 0.471. The lowest BCUT2D eigenvalue weighted by Crippen LogP contribution is -2.36. The van der Waals surface area contributed by atoms with Gasteiger partial charge in [-0.15, -0.1) is 0 Å². The molecular weight excluding hydrogens is 294 g/mol. The number of carboxylic acid groups (broad SMARTS) is 1. The zero-order chi connectivity index (χ0) is 17.0. The minimum atomic E-state index is -0.737. The molecule has 2 rings (SSSR count).